The monoisotopic (exact) mass is 224 g/mol. The van der Waals surface area contributed by atoms with Gasteiger partial charge in [-0.15, -0.1) is 0 Å². The number of nitrogens with one attached hydrogen (secondary N) is 1. The van der Waals surface area contributed by atoms with Gasteiger partial charge in [0.2, 0.25) is 0 Å². The van der Waals surface area contributed by atoms with Crippen LogP contribution in [0.25, 0.3) is 0 Å². The second kappa shape index (κ2) is 5.55. The van der Waals surface area contributed by atoms with Gasteiger partial charge >= 0.3 is 6.03 Å². The highest BCUT2D eigenvalue weighted by Crippen LogP contribution is 2.30. The number of nitrogens with zero attached hydrogens (tertiary/aromatic N) is 1. The normalized spacial score (nSPS) is 29.7. The van der Waals surface area contributed by atoms with Gasteiger partial charge in [0.1, 0.15) is 0 Å². The van der Waals surface area contributed by atoms with Crippen LogP contribution in [-0.4, -0.2) is 30.6 Å². The zero-order chi connectivity index (χ0) is 11.4. The van der Waals surface area contributed by atoms with Gasteiger partial charge in [0.25, 0.3) is 0 Å². The van der Waals surface area contributed by atoms with Crippen LogP contribution in [0.1, 0.15) is 45.4 Å². The molecule has 1 N–H and O–H groups in total. The quantitative estimate of drug-likeness (QED) is 0.785. The fourth-order valence-electron chi connectivity index (χ4n) is 2.71. The van der Waals surface area contributed by atoms with Gasteiger partial charge in [0.15, 0.2) is 0 Å². The standard InChI is InChI=1S/C13H24N2O/c1-2-11-4-6-12(7-5-11)10-14-13(16)15-8-3-9-15/h11-12H,2-10H2,1H3,(H,14,16). The average Bonchev–Trinajstić information content (AvgIpc) is 2.25. The minimum atomic E-state index is 0.156. The molecule has 0 atom stereocenters. The minimum Gasteiger partial charge on any atom is -0.338 e. The van der Waals surface area contributed by atoms with Gasteiger partial charge < -0.3 is 10.2 Å². The first-order valence-corrected chi connectivity index (χ1v) is 6.82. The molecule has 16 heavy (non-hydrogen) atoms. The number of hydrogen-bond acceptors (Lipinski definition) is 1. The van der Waals surface area contributed by atoms with Crippen LogP contribution in [0.15, 0.2) is 0 Å². The van der Waals surface area contributed by atoms with Crippen LogP contribution in [0.5, 0.6) is 0 Å². The minimum absolute atomic E-state index is 0.156. The van der Waals surface area contributed by atoms with Gasteiger partial charge in [-0.25, -0.2) is 4.79 Å². The van der Waals surface area contributed by atoms with E-state index in [0.717, 1.165) is 31.5 Å². The predicted octanol–water partition coefficient (Wildman–Crippen LogP) is 2.62. The van der Waals surface area contributed by atoms with Crippen LogP contribution >= 0.6 is 0 Å². The van der Waals surface area contributed by atoms with Crippen molar-refractivity contribution < 1.29 is 4.79 Å². The maximum atomic E-state index is 11.6. The number of likely N-dealkylation sites (tertiary alicyclic amines) is 1. The number of urea groups is 1. The first-order chi connectivity index (χ1) is 7.79. The van der Waals surface area contributed by atoms with Crippen molar-refractivity contribution in [3.05, 3.63) is 0 Å². The largest absolute Gasteiger partial charge is 0.338 e. The van der Waals surface area contributed by atoms with Gasteiger partial charge in [-0.2, -0.15) is 0 Å². The van der Waals surface area contributed by atoms with Crippen molar-refractivity contribution in [2.75, 3.05) is 19.6 Å². The molecule has 2 aliphatic rings. The Morgan fingerprint density at radius 2 is 1.81 bits per heavy atom. The molecule has 0 radical (unpaired) electrons. The number of carbonyl (C=O) groups is 1. The Hall–Kier alpha value is -0.730. The summed E-state index contributed by atoms with van der Waals surface area (Å²) in [5.74, 6) is 1.68. The number of carbonyl (C=O) groups excluding carboxylic acids is 1. The predicted molar refractivity (Wildman–Crippen MR) is 65.3 cm³/mol. The molecule has 1 aliphatic carbocycles. The molecule has 1 saturated heterocycles. The lowest BCUT2D eigenvalue weighted by atomic mass is 9.81. The Kier molecular flexibility index (Phi) is 4.08. The van der Waals surface area contributed by atoms with E-state index in [0.29, 0.717) is 0 Å². The molecule has 0 spiro atoms. The number of hydrogen-bond donors (Lipinski definition) is 1. The molecule has 0 aromatic carbocycles. The van der Waals surface area contributed by atoms with Crippen molar-refractivity contribution in [1.29, 1.82) is 0 Å². The molecule has 0 unspecified atom stereocenters. The summed E-state index contributed by atoms with van der Waals surface area (Å²) in [7, 11) is 0. The Morgan fingerprint density at radius 1 is 1.19 bits per heavy atom. The SMILES string of the molecule is CCC1CCC(CNC(=O)N2CCC2)CC1. The molecule has 2 fully saturated rings. The molecule has 92 valence electrons. The van der Waals surface area contributed by atoms with E-state index >= 15 is 0 Å². The van der Waals surface area contributed by atoms with Gasteiger partial charge in [-0.05, 0) is 31.1 Å². The van der Waals surface area contributed by atoms with E-state index in [1.54, 1.807) is 0 Å². The highest BCUT2D eigenvalue weighted by molar-refractivity contribution is 5.74. The summed E-state index contributed by atoms with van der Waals surface area (Å²) in [4.78, 5) is 13.5. The molecule has 3 heteroatoms. The summed E-state index contributed by atoms with van der Waals surface area (Å²) in [5, 5.41) is 3.07. The van der Waals surface area contributed by atoms with Gasteiger partial charge in [0.05, 0.1) is 0 Å². The van der Waals surface area contributed by atoms with E-state index in [1.807, 2.05) is 4.90 Å². The Bertz CT molecular complexity index is 230. The fraction of sp³-hybridized carbons (Fsp3) is 0.923. The maximum Gasteiger partial charge on any atom is 0.317 e. The molecular weight excluding hydrogens is 200 g/mol. The lowest BCUT2D eigenvalue weighted by Crippen LogP contribution is -2.48. The highest BCUT2D eigenvalue weighted by atomic mass is 16.2. The number of amides is 2. The molecule has 1 heterocycles. The van der Waals surface area contributed by atoms with Crippen molar-refractivity contribution in [2.24, 2.45) is 11.8 Å². The fourth-order valence-corrected chi connectivity index (χ4v) is 2.71. The summed E-state index contributed by atoms with van der Waals surface area (Å²) >= 11 is 0. The van der Waals surface area contributed by atoms with E-state index in [1.165, 1.54) is 38.5 Å². The first-order valence-electron chi connectivity index (χ1n) is 6.82. The van der Waals surface area contributed by atoms with Crippen LogP contribution in [0, 0.1) is 11.8 Å². The van der Waals surface area contributed by atoms with Crippen molar-refractivity contribution in [2.45, 2.75) is 45.4 Å². The van der Waals surface area contributed by atoms with E-state index in [4.69, 9.17) is 0 Å². The zero-order valence-corrected chi connectivity index (χ0v) is 10.4. The molecule has 2 amide bonds. The van der Waals surface area contributed by atoms with Crippen molar-refractivity contribution in [1.82, 2.24) is 10.2 Å². The third kappa shape index (κ3) is 2.89. The molecule has 2 rings (SSSR count). The van der Waals surface area contributed by atoms with Crippen LogP contribution in [-0.2, 0) is 0 Å². The maximum absolute atomic E-state index is 11.6. The van der Waals surface area contributed by atoms with Gasteiger partial charge in [0, 0.05) is 19.6 Å². The lowest BCUT2D eigenvalue weighted by Gasteiger charge is -2.32. The smallest absolute Gasteiger partial charge is 0.317 e. The second-order valence-corrected chi connectivity index (χ2v) is 5.32. The highest BCUT2D eigenvalue weighted by Gasteiger charge is 2.23. The van der Waals surface area contributed by atoms with Gasteiger partial charge in [-0.1, -0.05) is 26.2 Å². The van der Waals surface area contributed by atoms with Crippen LogP contribution in [0.3, 0.4) is 0 Å². The lowest BCUT2D eigenvalue weighted by molar-refractivity contribution is 0.163. The Morgan fingerprint density at radius 3 is 2.31 bits per heavy atom. The van der Waals surface area contributed by atoms with E-state index in [9.17, 15) is 4.79 Å². The molecule has 0 aromatic rings. The summed E-state index contributed by atoms with van der Waals surface area (Å²) < 4.78 is 0. The summed E-state index contributed by atoms with van der Waals surface area (Å²) in [6, 6.07) is 0.156. The van der Waals surface area contributed by atoms with Crippen LogP contribution < -0.4 is 5.32 Å². The van der Waals surface area contributed by atoms with E-state index in [-0.39, 0.29) is 6.03 Å². The summed E-state index contributed by atoms with van der Waals surface area (Å²) in [6.07, 6.45) is 7.83. The molecule has 0 bridgehead atoms. The zero-order valence-electron chi connectivity index (χ0n) is 10.4. The summed E-state index contributed by atoms with van der Waals surface area (Å²) in [6.45, 7) is 5.09. The van der Waals surface area contributed by atoms with Crippen molar-refractivity contribution in [3.8, 4) is 0 Å². The topological polar surface area (TPSA) is 32.3 Å². The van der Waals surface area contributed by atoms with E-state index < -0.39 is 0 Å². The number of rotatable bonds is 3. The Labute approximate surface area is 98.6 Å². The van der Waals surface area contributed by atoms with E-state index in [2.05, 4.69) is 12.2 Å². The molecule has 1 saturated carbocycles. The van der Waals surface area contributed by atoms with Crippen molar-refractivity contribution in [3.63, 3.8) is 0 Å². The van der Waals surface area contributed by atoms with Gasteiger partial charge in [-0.3, -0.25) is 0 Å². The molecule has 3 nitrogen and oxygen atoms in total. The second-order valence-electron chi connectivity index (χ2n) is 5.32. The summed E-state index contributed by atoms with van der Waals surface area (Å²) in [5.41, 5.74) is 0. The Balaban J connectivity index is 1.61. The van der Waals surface area contributed by atoms with Crippen LogP contribution in [0.2, 0.25) is 0 Å². The first kappa shape index (κ1) is 11.7. The molecular formula is C13H24N2O. The third-order valence-electron chi connectivity index (χ3n) is 4.23. The third-order valence-corrected chi connectivity index (χ3v) is 4.23. The van der Waals surface area contributed by atoms with Crippen molar-refractivity contribution >= 4 is 6.03 Å². The molecule has 1 aliphatic heterocycles. The average molecular weight is 224 g/mol. The van der Waals surface area contributed by atoms with Crippen LogP contribution in [0.4, 0.5) is 4.79 Å². The molecule has 0 aromatic heterocycles.